The summed E-state index contributed by atoms with van der Waals surface area (Å²) in [7, 11) is 0. The van der Waals surface area contributed by atoms with E-state index in [9.17, 15) is 35.9 Å². The van der Waals surface area contributed by atoms with Crippen molar-refractivity contribution in [1.82, 2.24) is 19.7 Å². The zero-order valence-corrected chi connectivity index (χ0v) is 21.5. The van der Waals surface area contributed by atoms with Gasteiger partial charge in [0.05, 0.1) is 35.1 Å². The Morgan fingerprint density at radius 2 is 1.86 bits per heavy atom. The van der Waals surface area contributed by atoms with Crippen molar-refractivity contribution in [2.45, 2.75) is 44.7 Å². The van der Waals surface area contributed by atoms with Crippen LogP contribution in [0.1, 0.15) is 30.9 Å². The monoisotopic (exact) mass is 595 g/mol. The number of benzene rings is 1. The van der Waals surface area contributed by atoms with Crippen molar-refractivity contribution >= 4 is 28.0 Å². The first kappa shape index (κ1) is 30.0. The Bertz CT molecular complexity index is 1820. The first-order valence-corrected chi connectivity index (χ1v) is 12.1. The van der Waals surface area contributed by atoms with E-state index in [1.807, 2.05) is 0 Å². The Balaban J connectivity index is 1.55. The number of pyridine rings is 2. The number of nitrogen functional groups attached to an aromatic ring is 1. The second-order valence-corrected chi connectivity index (χ2v) is 9.31. The van der Waals surface area contributed by atoms with Crippen molar-refractivity contribution in [1.29, 1.82) is 0 Å². The number of hydrogen-bond acceptors (Lipinski definition) is 6. The van der Waals surface area contributed by atoms with E-state index in [1.54, 1.807) is 12.0 Å². The van der Waals surface area contributed by atoms with Gasteiger partial charge in [0.2, 0.25) is 5.69 Å². The molecule has 0 unspecified atom stereocenters. The van der Waals surface area contributed by atoms with Gasteiger partial charge >= 0.3 is 12.4 Å². The summed E-state index contributed by atoms with van der Waals surface area (Å²) in [6.45, 7) is 8.93. The van der Waals surface area contributed by atoms with Gasteiger partial charge in [-0.05, 0) is 49.4 Å². The molecule has 1 aromatic carbocycles. The van der Waals surface area contributed by atoms with Crippen molar-refractivity contribution in [2.75, 3.05) is 11.1 Å². The molecular weight excluding hydrogens is 575 g/mol. The maximum absolute atomic E-state index is 15.1. The van der Waals surface area contributed by atoms with E-state index in [4.69, 9.17) is 12.3 Å². The third kappa shape index (κ3) is 6.04. The zero-order valence-electron chi connectivity index (χ0n) is 21.5. The van der Waals surface area contributed by atoms with Gasteiger partial charge in [-0.3, -0.25) is 9.59 Å². The molecule has 4 N–H and O–H groups in total. The van der Waals surface area contributed by atoms with Crippen LogP contribution in [-0.4, -0.2) is 25.8 Å². The Morgan fingerprint density at radius 1 is 1.14 bits per heavy atom. The van der Waals surface area contributed by atoms with Crippen LogP contribution < -0.4 is 22.2 Å². The van der Waals surface area contributed by atoms with Crippen LogP contribution >= 0.6 is 0 Å². The highest BCUT2D eigenvalue weighted by molar-refractivity contribution is 5.89. The van der Waals surface area contributed by atoms with Crippen LogP contribution in [0.5, 0.6) is 0 Å². The lowest BCUT2D eigenvalue weighted by atomic mass is 10.0. The molecule has 0 aliphatic heterocycles. The maximum atomic E-state index is 15.1. The molecule has 3 aromatic heterocycles. The van der Waals surface area contributed by atoms with Gasteiger partial charge in [0.25, 0.3) is 11.1 Å². The zero-order chi connectivity index (χ0) is 31.0. The van der Waals surface area contributed by atoms with Gasteiger partial charge in [-0.1, -0.05) is 0 Å². The number of aromatic nitrogens is 4. The van der Waals surface area contributed by atoms with Crippen LogP contribution in [0.15, 0.2) is 46.2 Å². The topological polar surface area (TPSA) is 123 Å². The maximum Gasteiger partial charge on any atom is 0.423 e. The van der Waals surface area contributed by atoms with E-state index < -0.39 is 69.3 Å². The first-order chi connectivity index (χ1) is 19.6. The number of rotatable bonds is 7. The average Bonchev–Trinajstić information content (AvgIpc) is 2.88. The number of aryl methyl sites for hydroxylation is 1. The predicted octanol–water partition coefficient (Wildman–Crippen LogP) is 5.74. The van der Waals surface area contributed by atoms with E-state index in [0.29, 0.717) is 12.5 Å². The lowest BCUT2D eigenvalue weighted by Crippen LogP contribution is -2.27. The molecule has 4 rings (SSSR count). The molecule has 0 aliphatic carbocycles. The van der Waals surface area contributed by atoms with E-state index >= 15 is 4.39 Å². The van der Waals surface area contributed by atoms with Crippen LogP contribution in [0, 0.1) is 12.4 Å². The van der Waals surface area contributed by atoms with Crippen molar-refractivity contribution in [3.8, 4) is 11.3 Å². The second-order valence-electron chi connectivity index (χ2n) is 9.31. The third-order valence-corrected chi connectivity index (χ3v) is 6.36. The van der Waals surface area contributed by atoms with Crippen LogP contribution in [0.3, 0.4) is 0 Å². The lowest BCUT2D eigenvalue weighted by molar-refractivity contribution is -0.138. The summed E-state index contributed by atoms with van der Waals surface area (Å²) in [4.78, 5) is 31.3. The van der Waals surface area contributed by atoms with Gasteiger partial charge in [0, 0.05) is 24.3 Å². The largest absolute Gasteiger partial charge is 0.423 e. The SMILES string of the molecule is [C-]#[N+]c1cc(C(F)(F)F)c(N)nc1-c1cc2ccn(CCC[C@H](C)Nc3cn[nH]c(=O)c3C(F)(F)F)c(=O)c2cc1F. The van der Waals surface area contributed by atoms with E-state index in [1.165, 1.54) is 22.9 Å². The molecule has 0 saturated heterocycles. The fraction of sp³-hybridized carbons (Fsp3) is 0.269. The number of nitrogens with two attached hydrogens (primary N) is 1. The fourth-order valence-electron chi connectivity index (χ4n) is 4.39. The number of anilines is 2. The number of nitrogens with zero attached hydrogens (tertiary/aromatic N) is 4. The predicted molar refractivity (Wildman–Crippen MR) is 139 cm³/mol. The van der Waals surface area contributed by atoms with Crippen LogP contribution in [-0.2, 0) is 18.9 Å². The molecule has 0 bridgehead atoms. The van der Waals surface area contributed by atoms with Crippen LogP contribution in [0.25, 0.3) is 26.9 Å². The van der Waals surface area contributed by atoms with Gasteiger partial charge in [0.15, 0.2) is 0 Å². The third-order valence-electron chi connectivity index (χ3n) is 6.36. The minimum Gasteiger partial charge on any atom is -0.383 e. The van der Waals surface area contributed by atoms with E-state index in [0.717, 1.165) is 12.3 Å². The van der Waals surface area contributed by atoms with Gasteiger partial charge in [-0.2, -0.15) is 31.4 Å². The molecule has 16 heteroatoms. The molecule has 1 atom stereocenters. The number of nitrogens with one attached hydrogen (secondary N) is 2. The first-order valence-electron chi connectivity index (χ1n) is 12.1. The van der Waals surface area contributed by atoms with Crippen LogP contribution in [0.2, 0.25) is 0 Å². The van der Waals surface area contributed by atoms with E-state index in [-0.39, 0.29) is 29.3 Å². The molecule has 3 heterocycles. The molecular formula is C26H20F7N7O2. The van der Waals surface area contributed by atoms with Gasteiger partial charge < -0.3 is 15.6 Å². The Labute approximate surface area is 231 Å². The molecule has 0 saturated carbocycles. The fourth-order valence-corrected chi connectivity index (χ4v) is 4.39. The van der Waals surface area contributed by atoms with Crippen molar-refractivity contribution in [3.05, 3.63) is 85.7 Å². The Kier molecular flexibility index (Phi) is 7.97. The molecule has 0 spiro atoms. The summed E-state index contributed by atoms with van der Waals surface area (Å²) in [5.41, 5.74) is -1.09. The summed E-state index contributed by atoms with van der Waals surface area (Å²) in [5, 5.41) is 7.91. The molecule has 0 radical (unpaired) electrons. The highest BCUT2D eigenvalue weighted by Crippen LogP contribution is 2.40. The van der Waals surface area contributed by atoms with E-state index in [2.05, 4.69) is 20.2 Å². The molecule has 0 aliphatic rings. The molecule has 4 aromatic rings. The quantitative estimate of drug-likeness (QED) is 0.185. The normalized spacial score (nSPS) is 12.7. The highest BCUT2D eigenvalue weighted by atomic mass is 19.4. The molecule has 9 nitrogen and oxygen atoms in total. The van der Waals surface area contributed by atoms with Gasteiger partial charge in [-0.25, -0.2) is 19.3 Å². The number of aromatic amines is 1. The minimum atomic E-state index is -4.90. The molecule has 42 heavy (non-hydrogen) atoms. The molecule has 220 valence electrons. The summed E-state index contributed by atoms with van der Waals surface area (Å²) in [5.74, 6) is -1.95. The lowest BCUT2D eigenvalue weighted by Gasteiger charge is -2.18. The van der Waals surface area contributed by atoms with Gasteiger partial charge in [0.1, 0.15) is 17.2 Å². The summed E-state index contributed by atoms with van der Waals surface area (Å²) >= 11 is 0. The second kappa shape index (κ2) is 11.1. The summed E-state index contributed by atoms with van der Waals surface area (Å²) in [6.07, 6.45) is -6.94. The number of hydrogen-bond donors (Lipinski definition) is 3. The minimum absolute atomic E-state index is 0.0569. The number of halogens is 7. The van der Waals surface area contributed by atoms with Crippen LogP contribution in [0.4, 0.5) is 47.9 Å². The summed E-state index contributed by atoms with van der Waals surface area (Å²) < 4.78 is 95.7. The van der Waals surface area contributed by atoms with Crippen molar-refractivity contribution < 1.29 is 30.7 Å². The number of H-pyrrole nitrogens is 1. The standard InChI is InChI=1S/C26H20F7N7O2/c1-12(37-19-11-36-39-23(41)20(19)26(31,32)33)4-3-6-40-7-5-13-8-15(17(27)9-14(13)24(40)42)21-18(35-2)10-16(22(34)38-21)25(28,29)30/h5,7-12H,3-4,6H2,1H3,(H2,34,38)(H2,37,39,41)/t12-/m0/s1. The van der Waals surface area contributed by atoms with Gasteiger partial charge in [-0.15, -0.1) is 0 Å². The molecule has 0 amide bonds. The number of fused-ring (bicyclic) bond motifs is 1. The average molecular weight is 595 g/mol. The Hall–Kier alpha value is -4.94. The number of alkyl halides is 6. The summed E-state index contributed by atoms with van der Waals surface area (Å²) in [6, 6.07) is 3.46. The Morgan fingerprint density at radius 3 is 2.50 bits per heavy atom. The van der Waals surface area contributed by atoms with Crippen molar-refractivity contribution in [3.63, 3.8) is 0 Å². The van der Waals surface area contributed by atoms with Crippen molar-refractivity contribution in [2.24, 2.45) is 0 Å². The highest BCUT2D eigenvalue weighted by Gasteiger charge is 2.38. The molecule has 0 fully saturated rings. The smallest absolute Gasteiger partial charge is 0.383 e.